The summed E-state index contributed by atoms with van der Waals surface area (Å²) in [4.78, 5) is 0. The highest BCUT2D eigenvalue weighted by Crippen LogP contribution is 2.33. The number of fused-ring (bicyclic) bond motifs is 1. The molecule has 0 unspecified atom stereocenters. The van der Waals surface area contributed by atoms with Crippen molar-refractivity contribution in [3.63, 3.8) is 0 Å². The SMILES string of the molecule is CCC1CCC(O)(CNC2Cc3ccccc3C2)CC1. The zero-order valence-corrected chi connectivity index (χ0v) is 12.6. The van der Waals surface area contributed by atoms with E-state index in [-0.39, 0.29) is 0 Å². The number of rotatable bonds is 4. The minimum Gasteiger partial charge on any atom is -0.389 e. The van der Waals surface area contributed by atoms with Gasteiger partial charge in [0.1, 0.15) is 0 Å². The molecule has 1 aromatic carbocycles. The molecule has 0 radical (unpaired) electrons. The summed E-state index contributed by atoms with van der Waals surface area (Å²) < 4.78 is 0. The number of aliphatic hydroxyl groups is 1. The van der Waals surface area contributed by atoms with E-state index < -0.39 is 5.60 Å². The van der Waals surface area contributed by atoms with Crippen molar-refractivity contribution in [2.75, 3.05) is 6.54 Å². The number of hydrogen-bond donors (Lipinski definition) is 2. The molecule has 2 aliphatic carbocycles. The van der Waals surface area contributed by atoms with Gasteiger partial charge in [0, 0.05) is 12.6 Å². The molecule has 0 amide bonds. The molecule has 1 saturated carbocycles. The lowest BCUT2D eigenvalue weighted by molar-refractivity contribution is -0.0104. The fourth-order valence-electron chi connectivity index (χ4n) is 3.84. The van der Waals surface area contributed by atoms with Crippen LogP contribution in [-0.4, -0.2) is 23.3 Å². The van der Waals surface area contributed by atoms with E-state index in [1.165, 1.54) is 30.4 Å². The largest absolute Gasteiger partial charge is 0.389 e. The molecular formula is C18H27NO. The first kappa shape index (κ1) is 14.1. The summed E-state index contributed by atoms with van der Waals surface area (Å²) in [7, 11) is 0. The van der Waals surface area contributed by atoms with E-state index >= 15 is 0 Å². The van der Waals surface area contributed by atoms with Crippen LogP contribution in [-0.2, 0) is 12.8 Å². The Labute approximate surface area is 122 Å². The Kier molecular flexibility index (Phi) is 4.13. The molecular weight excluding hydrogens is 246 g/mol. The average molecular weight is 273 g/mol. The van der Waals surface area contributed by atoms with Crippen molar-refractivity contribution < 1.29 is 5.11 Å². The average Bonchev–Trinajstić information content (AvgIpc) is 2.89. The molecule has 2 heteroatoms. The fraction of sp³-hybridized carbons (Fsp3) is 0.667. The monoisotopic (exact) mass is 273 g/mol. The first-order valence-corrected chi connectivity index (χ1v) is 8.21. The van der Waals surface area contributed by atoms with Gasteiger partial charge in [0.2, 0.25) is 0 Å². The molecule has 1 aromatic rings. The minimum atomic E-state index is -0.458. The lowest BCUT2D eigenvalue weighted by Gasteiger charge is -2.36. The minimum absolute atomic E-state index is 0.458. The normalized spacial score (nSPS) is 30.4. The maximum absolute atomic E-state index is 10.7. The van der Waals surface area contributed by atoms with Crippen LogP contribution in [0.3, 0.4) is 0 Å². The maximum atomic E-state index is 10.7. The number of hydrogen-bond acceptors (Lipinski definition) is 2. The first-order valence-electron chi connectivity index (χ1n) is 8.21. The molecule has 0 bridgehead atoms. The quantitative estimate of drug-likeness (QED) is 0.883. The van der Waals surface area contributed by atoms with E-state index in [2.05, 4.69) is 36.5 Å². The second-order valence-electron chi connectivity index (χ2n) is 6.83. The van der Waals surface area contributed by atoms with Crippen molar-refractivity contribution in [2.45, 2.75) is 63.5 Å². The Morgan fingerprint density at radius 2 is 1.75 bits per heavy atom. The molecule has 1 fully saturated rings. The molecule has 2 nitrogen and oxygen atoms in total. The van der Waals surface area contributed by atoms with Gasteiger partial charge in [-0.2, -0.15) is 0 Å². The van der Waals surface area contributed by atoms with Crippen LogP contribution in [0.2, 0.25) is 0 Å². The molecule has 0 aromatic heterocycles. The van der Waals surface area contributed by atoms with Crippen LogP contribution in [0.15, 0.2) is 24.3 Å². The Balaban J connectivity index is 1.49. The van der Waals surface area contributed by atoms with Crippen LogP contribution in [0.25, 0.3) is 0 Å². The summed E-state index contributed by atoms with van der Waals surface area (Å²) >= 11 is 0. The standard InChI is InChI=1S/C18H27NO/c1-2-14-7-9-18(20,10-8-14)13-19-17-11-15-5-3-4-6-16(15)12-17/h3-6,14,17,19-20H,2,7-13H2,1H3. The van der Waals surface area contributed by atoms with Gasteiger partial charge >= 0.3 is 0 Å². The van der Waals surface area contributed by atoms with Crippen LogP contribution in [0, 0.1) is 5.92 Å². The molecule has 20 heavy (non-hydrogen) atoms. The lowest BCUT2D eigenvalue weighted by atomic mass is 9.78. The third kappa shape index (κ3) is 3.07. The van der Waals surface area contributed by atoms with Crippen LogP contribution in [0.1, 0.15) is 50.2 Å². The van der Waals surface area contributed by atoms with Gasteiger partial charge in [0.25, 0.3) is 0 Å². The summed E-state index contributed by atoms with van der Waals surface area (Å²) in [5.41, 5.74) is 2.50. The highest BCUT2D eigenvalue weighted by Gasteiger charge is 2.33. The Morgan fingerprint density at radius 3 is 2.30 bits per heavy atom. The maximum Gasteiger partial charge on any atom is 0.0771 e. The van der Waals surface area contributed by atoms with E-state index in [9.17, 15) is 5.11 Å². The van der Waals surface area contributed by atoms with E-state index in [1.54, 1.807) is 0 Å². The molecule has 2 N–H and O–H groups in total. The second kappa shape index (κ2) is 5.87. The van der Waals surface area contributed by atoms with Crippen molar-refractivity contribution in [1.82, 2.24) is 5.32 Å². The van der Waals surface area contributed by atoms with E-state index in [0.717, 1.165) is 38.1 Å². The zero-order valence-electron chi connectivity index (χ0n) is 12.6. The van der Waals surface area contributed by atoms with Gasteiger partial charge in [-0.15, -0.1) is 0 Å². The number of benzene rings is 1. The Bertz CT molecular complexity index is 423. The van der Waals surface area contributed by atoms with Crippen molar-refractivity contribution in [1.29, 1.82) is 0 Å². The van der Waals surface area contributed by atoms with Gasteiger partial charge in [-0.1, -0.05) is 37.6 Å². The van der Waals surface area contributed by atoms with Crippen LogP contribution in [0.4, 0.5) is 0 Å². The van der Waals surface area contributed by atoms with Gasteiger partial charge in [0.15, 0.2) is 0 Å². The van der Waals surface area contributed by atoms with Crippen molar-refractivity contribution in [3.05, 3.63) is 35.4 Å². The van der Waals surface area contributed by atoms with E-state index in [1.807, 2.05) is 0 Å². The predicted molar refractivity (Wildman–Crippen MR) is 82.8 cm³/mol. The Hall–Kier alpha value is -0.860. The van der Waals surface area contributed by atoms with Crippen LogP contribution >= 0.6 is 0 Å². The summed E-state index contributed by atoms with van der Waals surface area (Å²) in [6, 6.07) is 9.23. The Morgan fingerprint density at radius 1 is 1.15 bits per heavy atom. The summed E-state index contributed by atoms with van der Waals surface area (Å²) in [6.45, 7) is 3.03. The zero-order chi connectivity index (χ0) is 14.0. The highest BCUT2D eigenvalue weighted by molar-refractivity contribution is 5.33. The molecule has 0 atom stereocenters. The van der Waals surface area contributed by atoms with Crippen molar-refractivity contribution >= 4 is 0 Å². The molecule has 3 rings (SSSR count). The smallest absolute Gasteiger partial charge is 0.0771 e. The van der Waals surface area contributed by atoms with E-state index in [4.69, 9.17) is 0 Å². The predicted octanol–water partition coefficient (Wildman–Crippen LogP) is 3.07. The van der Waals surface area contributed by atoms with Gasteiger partial charge in [-0.05, 0) is 55.6 Å². The van der Waals surface area contributed by atoms with Crippen molar-refractivity contribution in [3.8, 4) is 0 Å². The topological polar surface area (TPSA) is 32.3 Å². The van der Waals surface area contributed by atoms with Crippen molar-refractivity contribution in [2.24, 2.45) is 5.92 Å². The molecule has 0 saturated heterocycles. The molecule has 2 aliphatic rings. The molecule has 110 valence electrons. The molecule has 0 spiro atoms. The third-order valence-corrected chi connectivity index (χ3v) is 5.38. The summed E-state index contributed by atoms with van der Waals surface area (Å²) in [5, 5.41) is 14.3. The van der Waals surface area contributed by atoms with E-state index in [0.29, 0.717) is 6.04 Å². The number of nitrogens with one attached hydrogen (secondary N) is 1. The highest BCUT2D eigenvalue weighted by atomic mass is 16.3. The van der Waals surface area contributed by atoms with Crippen LogP contribution < -0.4 is 5.32 Å². The fourth-order valence-corrected chi connectivity index (χ4v) is 3.84. The molecule has 0 aliphatic heterocycles. The first-order chi connectivity index (χ1) is 9.68. The van der Waals surface area contributed by atoms with Gasteiger partial charge in [-0.25, -0.2) is 0 Å². The summed E-state index contributed by atoms with van der Waals surface area (Å²) in [6.07, 6.45) is 7.82. The summed E-state index contributed by atoms with van der Waals surface area (Å²) in [5.74, 6) is 0.839. The lowest BCUT2D eigenvalue weighted by Crippen LogP contribution is -2.46. The second-order valence-corrected chi connectivity index (χ2v) is 6.83. The van der Waals surface area contributed by atoms with Gasteiger partial charge < -0.3 is 10.4 Å². The molecule has 0 heterocycles. The van der Waals surface area contributed by atoms with Crippen LogP contribution in [0.5, 0.6) is 0 Å². The van der Waals surface area contributed by atoms with Gasteiger partial charge in [-0.3, -0.25) is 0 Å². The third-order valence-electron chi connectivity index (χ3n) is 5.38. The van der Waals surface area contributed by atoms with Gasteiger partial charge in [0.05, 0.1) is 5.60 Å².